The highest BCUT2D eigenvalue weighted by molar-refractivity contribution is 5.91. The van der Waals surface area contributed by atoms with Crippen molar-refractivity contribution in [3.05, 3.63) is 42.5 Å². The zero-order valence-corrected chi connectivity index (χ0v) is 37.4. The van der Waals surface area contributed by atoms with Crippen molar-refractivity contribution >= 4 is 12.0 Å². The Morgan fingerprint density at radius 2 is 1.03 bits per heavy atom. The van der Waals surface area contributed by atoms with Gasteiger partial charge in [0.15, 0.2) is 0 Å². The summed E-state index contributed by atoms with van der Waals surface area (Å²) in [6.45, 7) is 7.73. The molecule has 10 heteroatoms. The molecular weight excluding hydrogens is 729 g/mol. The van der Waals surface area contributed by atoms with Gasteiger partial charge in [0, 0.05) is 32.5 Å². The number of ether oxygens (including phenoxy) is 4. The number of carbonyl (C=O) groups excluding carboxylic acids is 2. The summed E-state index contributed by atoms with van der Waals surface area (Å²) in [7, 11) is 0. The molecule has 0 aromatic carbocycles. The van der Waals surface area contributed by atoms with Gasteiger partial charge in [-0.1, -0.05) is 154 Å². The first-order valence-corrected chi connectivity index (χ1v) is 23.9. The van der Waals surface area contributed by atoms with Crippen LogP contribution in [0.1, 0.15) is 204 Å². The van der Waals surface area contributed by atoms with Gasteiger partial charge >= 0.3 is 6.09 Å². The van der Waals surface area contributed by atoms with Crippen LogP contribution in [0.15, 0.2) is 36.8 Å². The molecule has 0 fully saturated rings. The number of nitrogens with one attached hydrogen (secondary N) is 3. The summed E-state index contributed by atoms with van der Waals surface area (Å²) in [5.74, 6) is -0.261. The van der Waals surface area contributed by atoms with Crippen LogP contribution in [0.5, 0.6) is 0 Å². The average molecular weight is 817 g/mol. The molecule has 0 spiro atoms. The predicted molar refractivity (Wildman–Crippen MR) is 241 cm³/mol. The third-order valence-electron chi connectivity index (χ3n) is 10.3. The van der Waals surface area contributed by atoms with Crippen molar-refractivity contribution in [2.75, 3.05) is 52.7 Å². The van der Waals surface area contributed by atoms with E-state index < -0.39 is 6.09 Å². The van der Waals surface area contributed by atoms with Crippen LogP contribution < -0.4 is 10.6 Å². The molecule has 0 saturated carbocycles. The Balaban J connectivity index is 2.17. The fourth-order valence-electron chi connectivity index (χ4n) is 6.67. The number of rotatable bonds is 44. The number of allylic oxidation sites excluding steroid dienone is 4. The van der Waals surface area contributed by atoms with E-state index >= 15 is 0 Å². The highest BCUT2D eigenvalue weighted by Gasteiger charge is 2.13. The molecule has 0 aliphatic heterocycles. The number of alkyl carbamates (subject to hydrolysis) is 1. The maximum atomic E-state index is 12.4. The normalized spacial score (nSPS) is 12.2. The number of carbonyl (C=O) groups is 2. The zero-order chi connectivity index (χ0) is 41.7. The van der Waals surface area contributed by atoms with Crippen LogP contribution in [-0.4, -0.2) is 80.8 Å². The minimum Gasteiger partial charge on any atom is -0.447 e. The summed E-state index contributed by atoms with van der Waals surface area (Å²) in [4.78, 5) is 30.9. The first-order valence-electron chi connectivity index (χ1n) is 23.9. The maximum absolute atomic E-state index is 12.4. The molecule has 1 heterocycles. The number of aromatic amines is 1. The van der Waals surface area contributed by atoms with Crippen molar-refractivity contribution in [3.63, 3.8) is 0 Å². The third-order valence-corrected chi connectivity index (χ3v) is 10.3. The van der Waals surface area contributed by atoms with Crippen molar-refractivity contribution in [2.24, 2.45) is 0 Å². The molecule has 0 bridgehead atoms. The summed E-state index contributed by atoms with van der Waals surface area (Å²) in [5, 5.41) is 5.45. The Bertz CT molecular complexity index is 1070. The summed E-state index contributed by atoms with van der Waals surface area (Å²) in [5.41, 5.74) is 0.332. The minimum absolute atomic E-state index is 0.145. The lowest BCUT2D eigenvalue weighted by molar-refractivity contribution is -0.0469. The van der Waals surface area contributed by atoms with Crippen LogP contribution in [0.25, 0.3) is 0 Å². The van der Waals surface area contributed by atoms with Crippen LogP contribution in [-0.2, 0) is 18.9 Å². The molecule has 0 aliphatic carbocycles. The van der Waals surface area contributed by atoms with E-state index in [0.29, 0.717) is 51.8 Å². The van der Waals surface area contributed by atoms with Gasteiger partial charge in [-0.2, -0.15) is 0 Å². The maximum Gasteiger partial charge on any atom is 0.407 e. The first kappa shape index (κ1) is 53.3. The van der Waals surface area contributed by atoms with E-state index in [4.69, 9.17) is 18.9 Å². The van der Waals surface area contributed by atoms with Crippen LogP contribution >= 0.6 is 0 Å². The smallest absolute Gasteiger partial charge is 0.407 e. The van der Waals surface area contributed by atoms with Crippen molar-refractivity contribution in [2.45, 2.75) is 200 Å². The van der Waals surface area contributed by atoms with Gasteiger partial charge in [-0.25, -0.2) is 9.78 Å². The van der Waals surface area contributed by atoms with E-state index in [0.717, 1.165) is 19.3 Å². The average Bonchev–Trinajstić information content (AvgIpc) is 3.78. The van der Waals surface area contributed by atoms with Gasteiger partial charge in [0.1, 0.15) is 18.4 Å². The Kier molecular flexibility index (Phi) is 40.3. The zero-order valence-electron chi connectivity index (χ0n) is 37.4. The topological polar surface area (TPSA) is 124 Å². The fourth-order valence-corrected chi connectivity index (χ4v) is 6.67. The van der Waals surface area contributed by atoms with Gasteiger partial charge in [0.25, 0.3) is 5.91 Å². The Morgan fingerprint density at radius 3 is 1.53 bits per heavy atom. The van der Waals surface area contributed by atoms with Gasteiger partial charge in [0.2, 0.25) is 0 Å². The second kappa shape index (κ2) is 43.9. The number of H-pyrrole nitrogens is 1. The molecular formula is C48H88N4O6. The molecule has 0 radical (unpaired) electrons. The van der Waals surface area contributed by atoms with Crippen LogP contribution in [0.3, 0.4) is 0 Å². The second-order valence-electron chi connectivity index (χ2n) is 15.8. The summed E-state index contributed by atoms with van der Waals surface area (Å²) < 4.78 is 23.1. The SMILES string of the molecule is CCCCCCCC/C=C\CCCCCCCCOCC(COC(=O)NCCOCCNC(=O)c1c[nH]cn1)OCCCCCCCC/C=C\CCCCCCCC. The first-order chi connectivity index (χ1) is 28.7. The Hall–Kier alpha value is -2.69. The van der Waals surface area contributed by atoms with Crippen molar-refractivity contribution in [1.82, 2.24) is 20.6 Å². The highest BCUT2D eigenvalue weighted by Crippen LogP contribution is 2.12. The molecule has 1 atom stereocenters. The van der Waals surface area contributed by atoms with Crippen molar-refractivity contribution in [3.8, 4) is 0 Å². The van der Waals surface area contributed by atoms with Crippen LogP contribution in [0.2, 0.25) is 0 Å². The lowest BCUT2D eigenvalue weighted by Crippen LogP contribution is -2.34. The number of hydrogen-bond donors (Lipinski definition) is 3. The third kappa shape index (κ3) is 37.6. The van der Waals surface area contributed by atoms with E-state index in [1.54, 1.807) is 0 Å². The van der Waals surface area contributed by atoms with E-state index in [2.05, 4.69) is 58.8 Å². The molecule has 1 rings (SSSR count). The molecule has 1 aromatic rings. The Labute approximate surface area is 355 Å². The molecule has 0 saturated heterocycles. The number of nitrogens with zero attached hydrogens (tertiary/aromatic N) is 1. The highest BCUT2D eigenvalue weighted by atomic mass is 16.6. The molecule has 2 amide bonds. The number of unbranched alkanes of at least 4 members (excludes halogenated alkanes) is 24. The quantitative estimate of drug-likeness (QED) is 0.0442. The van der Waals surface area contributed by atoms with Gasteiger partial charge in [-0.05, 0) is 64.2 Å². The lowest BCUT2D eigenvalue weighted by Gasteiger charge is -2.18. The summed E-state index contributed by atoms with van der Waals surface area (Å²) in [6.07, 6.45) is 47.5. The van der Waals surface area contributed by atoms with E-state index in [-0.39, 0.29) is 18.6 Å². The number of imidazole rings is 1. The van der Waals surface area contributed by atoms with Gasteiger partial charge in [0.05, 0.1) is 26.1 Å². The van der Waals surface area contributed by atoms with Gasteiger partial charge in [-0.15, -0.1) is 0 Å². The van der Waals surface area contributed by atoms with E-state index in [1.165, 1.54) is 173 Å². The largest absolute Gasteiger partial charge is 0.447 e. The second-order valence-corrected chi connectivity index (χ2v) is 15.8. The molecule has 0 aliphatic rings. The monoisotopic (exact) mass is 817 g/mol. The molecule has 1 unspecified atom stereocenters. The fraction of sp³-hybridized carbons (Fsp3) is 0.812. The predicted octanol–water partition coefficient (Wildman–Crippen LogP) is 12.4. The van der Waals surface area contributed by atoms with Crippen molar-refractivity contribution < 1.29 is 28.5 Å². The molecule has 336 valence electrons. The van der Waals surface area contributed by atoms with Crippen LogP contribution in [0.4, 0.5) is 4.79 Å². The number of hydrogen-bond acceptors (Lipinski definition) is 7. The van der Waals surface area contributed by atoms with E-state index in [1.807, 2.05) is 0 Å². The molecule has 1 aromatic heterocycles. The number of amides is 2. The van der Waals surface area contributed by atoms with Gasteiger partial charge < -0.3 is 34.6 Å². The lowest BCUT2D eigenvalue weighted by atomic mass is 10.1. The van der Waals surface area contributed by atoms with E-state index in [9.17, 15) is 9.59 Å². The molecule has 10 nitrogen and oxygen atoms in total. The standard InChI is InChI=1S/C48H88N4O6/c1-3-5-7-9-11-13-15-17-19-21-23-25-27-29-31-33-37-56-42-45(43-58-48(54)51-36-40-55-39-35-50-47(53)46-41-49-44-52-46)57-38-34-32-30-28-26-24-22-20-18-16-14-12-10-8-6-4-2/h17-20,41,44-45H,3-16,21-40,42-43H2,1-2H3,(H,49,52)(H,50,53)(H,51,54)/b19-17-,20-18-. The summed E-state index contributed by atoms with van der Waals surface area (Å²) in [6, 6.07) is 0. The number of aromatic nitrogens is 2. The molecule has 58 heavy (non-hydrogen) atoms. The van der Waals surface area contributed by atoms with Crippen molar-refractivity contribution in [1.29, 1.82) is 0 Å². The van der Waals surface area contributed by atoms with Gasteiger partial charge in [-0.3, -0.25) is 4.79 Å². The minimum atomic E-state index is -0.505. The van der Waals surface area contributed by atoms with Crippen LogP contribution in [0, 0.1) is 0 Å². The molecule has 3 N–H and O–H groups in total. The summed E-state index contributed by atoms with van der Waals surface area (Å²) >= 11 is 0. The Morgan fingerprint density at radius 1 is 0.569 bits per heavy atom.